The van der Waals surface area contributed by atoms with Crippen LogP contribution in [0.3, 0.4) is 0 Å². The third kappa shape index (κ3) is 3.16. The van der Waals surface area contributed by atoms with E-state index in [1.807, 2.05) is 0 Å². The Labute approximate surface area is 225 Å². The van der Waals surface area contributed by atoms with E-state index in [1.165, 1.54) is 82.7 Å². The van der Waals surface area contributed by atoms with Crippen molar-refractivity contribution in [1.82, 2.24) is 0 Å². The molecule has 184 valence electrons. The largest absolute Gasteiger partial charge is 0.0619 e. The molecule has 1 aliphatic carbocycles. The monoisotopic (exact) mass is 488 g/mol. The topological polar surface area (TPSA) is 0 Å². The molecule has 0 amide bonds. The van der Waals surface area contributed by atoms with Crippen LogP contribution in [0.15, 0.2) is 103 Å². The SMILES string of the molecule is Cc1ccc(-c2c3ccccc3c(-c3cccc4c3-c3ccccc3C4(C)C)c3cc(C)ccc23)c(C)c1. The number of hydrogen-bond donors (Lipinski definition) is 0. The standard InChI is InChI=1S/C38H32/c1-23-17-19-26(25(3)21-23)35-27-11-6-7-12-28(27)36(32-22-24(2)18-20-29(32)35)31-14-10-16-34-37(31)30-13-8-9-15-33(30)38(34,4)5/h6-22H,1-5H3. The van der Waals surface area contributed by atoms with E-state index < -0.39 is 0 Å². The van der Waals surface area contributed by atoms with Crippen molar-refractivity contribution in [3.05, 3.63) is 131 Å². The molecule has 38 heavy (non-hydrogen) atoms. The highest BCUT2D eigenvalue weighted by atomic mass is 14.4. The molecule has 0 saturated heterocycles. The van der Waals surface area contributed by atoms with E-state index in [0.29, 0.717) is 0 Å². The quantitative estimate of drug-likeness (QED) is 0.213. The van der Waals surface area contributed by atoms with Crippen LogP contribution in [0, 0.1) is 20.8 Å². The fraction of sp³-hybridized carbons (Fsp3) is 0.158. The third-order valence-corrected chi connectivity index (χ3v) is 8.71. The van der Waals surface area contributed by atoms with Gasteiger partial charge in [-0.1, -0.05) is 128 Å². The molecule has 0 heteroatoms. The minimum atomic E-state index is -0.0254. The molecule has 0 unspecified atom stereocenters. The Balaban J connectivity index is 1.68. The Morgan fingerprint density at radius 2 is 1.00 bits per heavy atom. The number of hydrogen-bond acceptors (Lipinski definition) is 0. The van der Waals surface area contributed by atoms with Gasteiger partial charge in [0.25, 0.3) is 0 Å². The van der Waals surface area contributed by atoms with E-state index in [-0.39, 0.29) is 5.41 Å². The predicted molar refractivity (Wildman–Crippen MR) is 164 cm³/mol. The Morgan fingerprint density at radius 1 is 0.421 bits per heavy atom. The molecule has 1 aliphatic rings. The maximum atomic E-state index is 2.40. The molecule has 0 aromatic heterocycles. The number of benzene rings is 6. The summed E-state index contributed by atoms with van der Waals surface area (Å²) in [5.41, 5.74) is 14.8. The van der Waals surface area contributed by atoms with Crippen LogP contribution in [0.2, 0.25) is 0 Å². The molecule has 0 nitrogen and oxygen atoms in total. The third-order valence-electron chi connectivity index (χ3n) is 8.71. The summed E-state index contributed by atoms with van der Waals surface area (Å²) in [7, 11) is 0. The molecule has 0 radical (unpaired) electrons. The van der Waals surface area contributed by atoms with Crippen LogP contribution in [-0.2, 0) is 5.41 Å². The number of rotatable bonds is 2. The number of aryl methyl sites for hydroxylation is 3. The van der Waals surface area contributed by atoms with Crippen LogP contribution in [0.1, 0.15) is 41.7 Å². The molecule has 0 bridgehead atoms. The van der Waals surface area contributed by atoms with Crippen LogP contribution in [0.5, 0.6) is 0 Å². The summed E-state index contributed by atoms with van der Waals surface area (Å²) >= 11 is 0. The first-order valence-electron chi connectivity index (χ1n) is 13.6. The Morgan fingerprint density at radius 3 is 1.76 bits per heavy atom. The highest BCUT2D eigenvalue weighted by molar-refractivity contribution is 6.23. The van der Waals surface area contributed by atoms with Gasteiger partial charge >= 0.3 is 0 Å². The molecule has 6 aromatic rings. The summed E-state index contributed by atoms with van der Waals surface area (Å²) in [6, 6.07) is 38.8. The second kappa shape index (κ2) is 8.17. The van der Waals surface area contributed by atoms with Crippen molar-refractivity contribution in [3.8, 4) is 33.4 Å². The summed E-state index contributed by atoms with van der Waals surface area (Å²) in [4.78, 5) is 0. The van der Waals surface area contributed by atoms with Crippen molar-refractivity contribution in [2.75, 3.05) is 0 Å². The lowest BCUT2D eigenvalue weighted by molar-refractivity contribution is 0.660. The minimum absolute atomic E-state index is 0.0254. The molecule has 0 saturated carbocycles. The highest BCUT2D eigenvalue weighted by Gasteiger charge is 2.37. The van der Waals surface area contributed by atoms with Crippen LogP contribution in [0.4, 0.5) is 0 Å². The summed E-state index contributed by atoms with van der Waals surface area (Å²) in [5.74, 6) is 0. The zero-order valence-corrected chi connectivity index (χ0v) is 22.8. The van der Waals surface area contributed by atoms with Gasteiger partial charge in [-0.05, 0) is 92.4 Å². The van der Waals surface area contributed by atoms with Crippen molar-refractivity contribution in [2.24, 2.45) is 0 Å². The highest BCUT2D eigenvalue weighted by Crippen LogP contribution is 2.54. The molecule has 7 rings (SSSR count). The molecule has 0 N–H and O–H groups in total. The summed E-state index contributed by atoms with van der Waals surface area (Å²) in [6.07, 6.45) is 0. The lowest BCUT2D eigenvalue weighted by Gasteiger charge is -2.23. The van der Waals surface area contributed by atoms with Gasteiger partial charge in [-0.25, -0.2) is 0 Å². The van der Waals surface area contributed by atoms with Gasteiger partial charge in [0.1, 0.15) is 0 Å². The smallest absolute Gasteiger partial charge is 0.0159 e. The zero-order valence-electron chi connectivity index (χ0n) is 22.8. The molecule has 0 spiro atoms. The maximum Gasteiger partial charge on any atom is 0.0159 e. The fourth-order valence-corrected chi connectivity index (χ4v) is 6.93. The van der Waals surface area contributed by atoms with E-state index >= 15 is 0 Å². The lowest BCUT2D eigenvalue weighted by atomic mass is 9.80. The molecule has 0 heterocycles. The van der Waals surface area contributed by atoms with E-state index in [0.717, 1.165) is 0 Å². The Kier molecular flexibility index (Phi) is 4.94. The van der Waals surface area contributed by atoms with Gasteiger partial charge in [0.15, 0.2) is 0 Å². The molecule has 0 fully saturated rings. The lowest BCUT2D eigenvalue weighted by Crippen LogP contribution is -2.14. The zero-order chi connectivity index (χ0) is 26.2. The van der Waals surface area contributed by atoms with Gasteiger partial charge in [0.05, 0.1) is 0 Å². The summed E-state index contributed by atoms with van der Waals surface area (Å²) < 4.78 is 0. The predicted octanol–water partition coefficient (Wildman–Crippen LogP) is 10.6. The van der Waals surface area contributed by atoms with E-state index in [9.17, 15) is 0 Å². The first-order chi connectivity index (χ1) is 18.4. The average molecular weight is 489 g/mol. The van der Waals surface area contributed by atoms with E-state index in [4.69, 9.17) is 0 Å². The van der Waals surface area contributed by atoms with Gasteiger partial charge < -0.3 is 0 Å². The molecule has 0 aliphatic heterocycles. The number of fused-ring (bicyclic) bond motifs is 5. The fourth-order valence-electron chi connectivity index (χ4n) is 6.93. The summed E-state index contributed by atoms with van der Waals surface area (Å²) in [6.45, 7) is 11.4. The molecular weight excluding hydrogens is 456 g/mol. The van der Waals surface area contributed by atoms with E-state index in [2.05, 4.69) is 138 Å². The average Bonchev–Trinajstić information content (AvgIpc) is 3.15. The Bertz CT molecular complexity index is 1920. The van der Waals surface area contributed by atoms with Crippen molar-refractivity contribution >= 4 is 21.5 Å². The molecule has 6 aromatic carbocycles. The summed E-state index contributed by atoms with van der Waals surface area (Å²) in [5, 5.41) is 5.28. The molecular formula is C38H32. The van der Waals surface area contributed by atoms with Crippen LogP contribution < -0.4 is 0 Å². The maximum absolute atomic E-state index is 2.40. The van der Waals surface area contributed by atoms with Crippen molar-refractivity contribution in [2.45, 2.75) is 40.0 Å². The first-order valence-corrected chi connectivity index (χ1v) is 13.6. The normalized spacial score (nSPS) is 13.6. The first kappa shape index (κ1) is 23.0. The van der Waals surface area contributed by atoms with Gasteiger partial charge in [0.2, 0.25) is 0 Å². The van der Waals surface area contributed by atoms with Gasteiger partial charge in [-0.15, -0.1) is 0 Å². The minimum Gasteiger partial charge on any atom is -0.0619 e. The van der Waals surface area contributed by atoms with Crippen LogP contribution >= 0.6 is 0 Å². The second-order valence-electron chi connectivity index (χ2n) is 11.6. The van der Waals surface area contributed by atoms with Crippen LogP contribution in [-0.4, -0.2) is 0 Å². The van der Waals surface area contributed by atoms with Gasteiger partial charge in [-0.2, -0.15) is 0 Å². The van der Waals surface area contributed by atoms with Crippen molar-refractivity contribution < 1.29 is 0 Å². The van der Waals surface area contributed by atoms with Crippen molar-refractivity contribution in [3.63, 3.8) is 0 Å². The van der Waals surface area contributed by atoms with Crippen LogP contribution in [0.25, 0.3) is 54.9 Å². The van der Waals surface area contributed by atoms with Crippen molar-refractivity contribution in [1.29, 1.82) is 0 Å². The molecule has 0 atom stereocenters. The second-order valence-corrected chi connectivity index (χ2v) is 11.6. The Hall–Kier alpha value is -4.16. The van der Waals surface area contributed by atoms with Gasteiger partial charge in [-0.3, -0.25) is 0 Å². The van der Waals surface area contributed by atoms with Gasteiger partial charge in [0, 0.05) is 5.41 Å². The van der Waals surface area contributed by atoms with E-state index in [1.54, 1.807) is 0 Å².